The molecule has 0 aromatic rings. The molecule has 3 aliphatic rings. The number of hydrogen-bond donors (Lipinski definition) is 1. The molecular weight excluding hydrogens is 308 g/mol. The standard InChI is InChI=1S/C15H24N2O4.ClH/c18-14(10-16-7-3-5-12(16)15(19)20)17-8-9-21-13-6-2-1-4-11(13)17;/h11-13H,1-10H2,(H,19,20);1H/t11?,12-,13?;/m1./s1. The first-order valence-electron chi connectivity index (χ1n) is 8.05. The van der Waals surface area contributed by atoms with Gasteiger partial charge in [0.2, 0.25) is 5.91 Å². The van der Waals surface area contributed by atoms with Gasteiger partial charge in [-0.1, -0.05) is 12.8 Å². The van der Waals surface area contributed by atoms with Crippen LogP contribution in [0.5, 0.6) is 0 Å². The number of fused-ring (bicyclic) bond motifs is 1. The predicted octanol–water partition coefficient (Wildman–Crippen LogP) is 1.13. The number of carbonyl (C=O) groups excluding carboxylic acids is 1. The average Bonchev–Trinajstić information content (AvgIpc) is 2.95. The van der Waals surface area contributed by atoms with Crippen LogP contribution in [0, 0.1) is 0 Å². The highest BCUT2D eigenvalue weighted by atomic mass is 35.5. The van der Waals surface area contributed by atoms with Gasteiger partial charge in [-0.2, -0.15) is 0 Å². The third kappa shape index (κ3) is 3.55. The number of carboxylic acid groups (broad SMARTS) is 1. The first-order valence-corrected chi connectivity index (χ1v) is 8.05. The Bertz CT molecular complexity index is 418. The Morgan fingerprint density at radius 1 is 1.09 bits per heavy atom. The first-order chi connectivity index (χ1) is 10.2. The Morgan fingerprint density at radius 2 is 1.86 bits per heavy atom. The molecule has 0 radical (unpaired) electrons. The molecule has 1 saturated carbocycles. The fraction of sp³-hybridized carbons (Fsp3) is 0.867. The summed E-state index contributed by atoms with van der Waals surface area (Å²) >= 11 is 0. The number of ether oxygens (including phenoxy) is 1. The summed E-state index contributed by atoms with van der Waals surface area (Å²) in [7, 11) is 0. The van der Waals surface area contributed by atoms with Gasteiger partial charge in [-0.25, -0.2) is 0 Å². The lowest BCUT2D eigenvalue weighted by molar-refractivity contribution is -0.152. The normalized spacial score (nSPS) is 32.2. The van der Waals surface area contributed by atoms with Crippen molar-refractivity contribution in [2.45, 2.75) is 56.7 Å². The maximum Gasteiger partial charge on any atom is 0.320 e. The van der Waals surface area contributed by atoms with Gasteiger partial charge in [-0.15, -0.1) is 12.4 Å². The summed E-state index contributed by atoms with van der Waals surface area (Å²) in [5.74, 6) is -0.735. The van der Waals surface area contributed by atoms with Gasteiger partial charge in [0, 0.05) is 6.54 Å². The zero-order valence-electron chi connectivity index (χ0n) is 12.8. The van der Waals surface area contributed by atoms with Gasteiger partial charge in [0.15, 0.2) is 0 Å². The number of carboxylic acids is 1. The molecule has 0 aromatic carbocycles. The van der Waals surface area contributed by atoms with Crippen molar-refractivity contribution >= 4 is 24.3 Å². The van der Waals surface area contributed by atoms with Crippen molar-refractivity contribution in [2.75, 3.05) is 26.2 Å². The minimum absolute atomic E-state index is 0. The lowest BCUT2D eigenvalue weighted by Gasteiger charge is -2.44. The van der Waals surface area contributed by atoms with Crippen LogP contribution in [-0.4, -0.2) is 71.2 Å². The topological polar surface area (TPSA) is 70.1 Å². The van der Waals surface area contributed by atoms with Gasteiger partial charge in [0.1, 0.15) is 6.04 Å². The number of likely N-dealkylation sites (tertiary alicyclic amines) is 1. The van der Waals surface area contributed by atoms with Crippen molar-refractivity contribution in [1.29, 1.82) is 0 Å². The van der Waals surface area contributed by atoms with Crippen LogP contribution in [0.15, 0.2) is 0 Å². The van der Waals surface area contributed by atoms with E-state index < -0.39 is 12.0 Å². The van der Waals surface area contributed by atoms with Gasteiger partial charge in [0.25, 0.3) is 0 Å². The number of aliphatic carboxylic acids is 1. The third-order valence-electron chi connectivity index (χ3n) is 5.04. The predicted molar refractivity (Wildman–Crippen MR) is 83.2 cm³/mol. The van der Waals surface area contributed by atoms with Crippen molar-refractivity contribution in [3.63, 3.8) is 0 Å². The Labute approximate surface area is 137 Å². The number of rotatable bonds is 3. The molecule has 126 valence electrons. The minimum Gasteiger partial charge on any atom is -0.480 e. The molecule has 3 atom stereocenters. The molecule has 0 aromatic heterocycles. The number of nitrogens with zero attached hydrogens (tertiary/aromatic N) is 2. The van der Waals surface area contributed by atoms with E-state index in [0.717, 1.165) is 25.7 Å². The molecule has 0 spiro atoms. The zero-order chi connectivity index (χ0) is 14.8. The molecule has 2 aliphatic heterocycles. The van der Waals surface area contributed by atoms with Crippen molar-refractivity contribution in [1.82, 2.24) is 9.80 Å². The molecule has 0 bridgehead atoms. The molecule has 3 rings (SSSR count). The Balaban J connectivity index is 0.00000176. The van der Waals surface area contributed by atoms with Crippen LogP contribution < -0.4 is 0 Å². The van der Waals surface area contributed by atoms with E-state index in [1.54, 1.807) is 0 Å². The van der Waals surface area contributed by atoms with E-state index in [-0.39, 0.29) is 37.0 Å². The molecule has 1 N–H and O–H groups in total. The third-order valence-corrected chi connectivity index (χ3v) is 5.04. The van der Waals surface area contributed by atoms with Crippen LogP contribution in [0.25, 0.3) is 0 Å². The largest absolute Gasteiger partial charge is 0.480 e. The van der Waals surface area contributed by atoms with E-state index in [9.17, 15) is 14.7 Å². The second-order valence-electron chi connectivity index (χ2n) is 6.31. The van der Waals surface area contributed by atoms with Gasteiger partial charge in [0.05, 0.1) is 25.3 Å². The fourth-order valence-electron chi connectivity index (χ4n) is 3.97. The summed E-state index contributed by atoms with van der Waals surface area (Å²) in [5, 5.41) is 9.21. The Hall–Kier alpha value is -0.850. The first kappa shape index (κ1) is 17.5. The minimum atomic E-state index is -0.808. The summed E-state index contributed by atoms with van der Waals surface area (Å²) in [6, 6.07) is -0.289. The second-order valence-corrected chi connectivity index (χ2v) is 6.31. The van der Waals surface area contributed by atoms with Crippen molar-refractivity contribution in [3.05, 3.63) is 0 Å². The summed E-state index contributed by atoms with van der Waals surface area (Å²) in [6.45, 7) is 2.20. The van der Waals surface area contributed by atoms with Crippen LogP contribution in [-0.2, 0) is 14.3 Å². The summed E-state index contributed by atoms with van der Waals surface area (Å²) in [4.78, 5) is 27.6. The molecule has 1 amide bonds. The van der Waals surface area contributed by atoms with E-state index in [2.05, 4.69) is 0 Å². The number of carbonyl (C=O) groups is 2. The Morgan fingerprint density at radius 3 is 2.64 bits per heavy atom. The summed E-state index contributed by atoms with van der Waals surface area (Å²) < 4.78 is 5.79. The smallest absolute Gasteiger partial charge is 0.320 e. The van der Waals surface area contributed by atoms with Crippen LogP contribution in [0.1, 0.15) is 38.5 Å². The highest BCUT2D eigenvalue weighted by Gasteiger charge is 2.38. The molecule has 2 heterocycles. The molecule has 2 unspecified atom stereocenters. The SMILES string of the molecule is Cl.O=C(O)[C@H]1CCCN1CC(=O)N1CCOC2CCCCC21. The maximum atomic E-state index is 12.6. The number of halogens is 1. The molecule has 6 nitrogen and oxygen atoms in total. The molecule has 22 heavy (non-hydrogen) atoms. The van der Waals surface area contributed by atoms with E-state index in [0.29, 0.717) is 26.1 Å². The van der Waals surface area contributed by atoms with Gasteiger partial charge in [-0.3, -0.25) is 14.5 Å². The van der Waals surface area contributed by atoms with Crippen LogP contribution in [0.4, 0.5) is 0 Å². The van der Waals surface area contributed by atoms with E-state index >= 15 is 0 Å². The number of hydrogen-bond acceptors (Lipinski definition) is 4. The highest BCUT2D eigenvalue weighted by molar-refractivity contribution is 5.85. The molecule has 2 saturated heterocycles. The lowest BCUT2D eigenvalue weighted by atomic mass is 9.90. The van der Waals surface area contributed by atoms with Crippen LogP contribution in [0.2, 0.25) is 0 Å². The number of amides is 1. The fourth-order valence-corrected chi connectivity index (χ4v) is 3.97. The quantitative estimate of drug-likeness (QED) is 0.839. The zero-order valence-corrected chi connectivity index (χ0v) is 13.6. The summed E-state index contributed by atoms with van der Waals surface area (Å²) in [5.41, 5.74) is 0. The van der Waals surface area contributed by atoms with Gasteiger partial charge >= 0.3 is 5.97 Å². The monoisotopic (exact) mass is 332 g/mol. The molecule has 1 aliphatic carbocycles. The van der Waals surface area contributed by atoms with E-state index in [1.807, 2.05) is 9.80 Å². The average molecular weight is 333 g/mol. The van der Waals surface area contributed by atoms with Crippen LogP contribution >= 0.6 is 12.4 Å². The molecular formula is C15H25ClN2O4. The highest BCUT2D eigenvalue weighted by Crippen LogP contribution is 2.29. The number of morpholine rings is 1. The molecule has 7 heteroatoms. The van der Waals surface area contributed by atoms with Crippen LogP contribution in [0.3, 0.4) is 0 Å². The van der Waals surface area contributed by atoms with Crippen molar-refractivity contribution in [3.8, 4) is 0 Å². The van der Waals surface area contributed by atoms with Gasteiger partial charge < -0.3 is 14.7 Å². The van der Waals surface area contributed by atoms with Crippen molar-refractivity contribution in [2.24, 2.45) is 0 Å². The summed E-state index contributed by atoms with van der Waals surface area (Å²) in [6.07, 6.45) is 6.07. The maximum absolute atomic E-state index is 12.6. The molecule has 3 fully saturated rings. The van der Waals surface area contributed by atoms with E-state index in [1.165, 1.54) is 6.42 Å². The van der Waals surface area contributed by atoms with Crippen molar-refractivity contribution < 1.29 is 19.4 Å². The lowest BCUT2D eigenvalue weighted by Crippen LogP contribution is -2.57. The van der Waals surface area contributed by atoms with E-state index in [4.69, 9.17) is 4.74 Å². The Kier molecular flexibility index (Phi) is 6.06. The van der Waals surface area contributed by atoms with Gasteiger partial charge in [-0.05, 0) is 32.2 Å². The second kappa shape index (κ2) is 7.62.